The van der Waals surface area contributed by atoms with Crippen molar-refractivity contribution >= 4 is 22.7 Å². The minimum Gasteiger partial charge on any atom is -0.305 e. The Kier molecular flexibility index (Phi) is 4.80. The summed E-state index contributed by atoms with van der Waals surface area (Å²) in [6, 6.07) is 15.6. The summed E-state index contributed by atoms with van der Waals surface area (Å²) in [5.74, 6) is -0.147. The lowest BCUT2D eigenvalue weighted by molar-refractivity contribution is 0.521. The van der Waals surface area contributed by atoms with Gasteiger partial charge in [-0.3, -0.25) is 0 Å². The number of rotatable bonds is 6. The highest BCUT2D eigenvalue weighted by Crippen LogP contribution is 2.25. The number of hydrogen-bond donors (Lipinski definition) is 1. The van der Waals surface area contributed by atoms with Crippen molar-refractivity contribution in [3.8, 4) is 0 Å². The van der Waals surface area contributed by atoms with Crippen LogP contribution in [0, 0.1) is 5.82 Å². The summed E-state index contributed by atoms with van der Waals surface area (Å²) in [5, 5.41) is 7.67. The van der Waals surface area contributed by atoms with E-state index >= 15 is 0 Å². The highest BCUT2D eigenvalue weighted by atomic mass is 32.1. The zero-order valence-electron chi connectivity index (χ0n) is 11.5. The molecule has 0 aliphatic carbocycles. The zero-order chi connectivity index (χ0) is 14.5. The molecule has 0 aliphatic rings. The standard InChI is InChI=1S/C17H16FNS2/c18-15-7-2-1-5-13(15)12-19-16(17-8-4-10-21-17)11-14-6-3-9-20-14/h1-10,16,19H,11-12H2. The molecule has 1 N–H and O–H groups in total. The van der Waals surface area contributed by atoms with E-state index in [4.69, 9.17) is 0 Å². The summed E-state index contributed by atoms with van der Waals surface area (Å²) in [4.78, 5) is 2.63. The number of halogens is 1. The van der Waals surface area contributed by atoms with E-state index in [2.05, 4.69) is 40.3 Å². The third kappa shape index (κ3) is 3.79. The second kappa shape index (κ2) is 6.98. The highest BCUT2D eigenvalue weighted by Gasteiger charge is 2.14. The van der Waals surface area contributed by atoms with E-state index in [-0.39, 0.29) is 11.9 Å². The second-order valence-corrected chi connectivity index (χ2v) is 6.84. The van der Waals surface area contributed by atoms with Crippen LogP contribution in [0.15, 0.2) is 59.3 Å². The predicted octanol–water partition coefficient (Wildman–Crippen LogP) is 5.02. The number of thiophene rings is 2. The molecule has 0 fully saturated rings. The van der Waals surface area contributed by atoms with Crippen LogP contribution in [-0.2, 0) is 13.0 Å². The Labute approximate surface area is 132 Å². The quantitative estimate of drug-likeness (QED) is 0.673. The molecule has 0 spiro atoms. The molecular formula is C17H16FNS2. The normalized spacial score (nSPS) is 12.4. The van der Waals surface area contributed by atoms with Gasteiger partial charge >= 0.3 is 0 Å². The smallest absolute Gasteiger partial charge is 0.127 e. The van der Waals surface area contributed by atoms with Crippen molar-refractivity contribution in [3.63, 3.8) is 0 Å². The molecule has 2 heterocycles. The van der Waals surface area contributed by atoms with Crippen LogP contribution in [0.4, 0.5) is 4.39 Å². The van der Waals surface area contributed by atoms with Crippen LogP contribution < -0.4 is 5.32 Å². The molecule has 0 bridgehead atoms. The minimum absolute atomic E-state index is 0.147. The van der Waals surface area contributed by atoms with Crippen LogP contribution in [0.2, 0.25) is 0 Å². The second-order valence-electron chi connectivity index (χ2n) is 4.82. The Hall–Kier alpha value is -1.49. The largest absolute Gasteiger partial charge is 0.305 e. The van der Waals surface area contributed by atoms with Crippen LogP contribution >= 0.6 is 22.7 Å². The molecule has 0 saturated heterocycles. The number of nitrogens with one attached hydrogen (secondary N) is 1. The molecule has 0 radical (unpaired) electrons. The van der Waals surface area contributed by atoms with E-state index in [1.165, 1.54) is 15.8 Å². The van der Waals surface area contributed by atoms with Crippen LogP contribution in [0.5, 0.6) is 0 Å². The Morgan fingerprint density at radius 2 is 1.76 bits per heavy atom. The SMILES string of the molecule is Fc1ccccc1CNC(Cc1cccs1)c1cccs1. The molecular weight excluding hydrogens is 301 g/mol. The minimum atomic E-state index is -0.147. The molecule has 0 saturated carbocycles. The monoisotopic (exact) mass is 317 g/mol. The first-order valence-corrected chi connectivity index (χ1v) is 8.61. The molecule has 1 nitrogen and oxygen atoms in total. The van der Waals surface area contributed by atoms with Crippen molar-refractivity contribution in [2.75, 3.05) is 0 Å². The van der Waals surface area contributed by atoms with Gasteiger partial charge in [-0.15, -0.1) is 22.7 Å². The maximum atomic E-state index is 13.7. The van der Waals surface area contributed by atoms with Gasteiger partial charge in [-0.25, -0.2) is 4.39 Å². The molecule has 3 aromatic rings. The lowest BCUT2D eigenvalue weighted by Gasteiger charge is -2.17. The van der Waals surface area contributed by atoms with Gasteiger partial charge < -0.3 is 5.32 Å². The van der Waals surface area contributed by atoms with Gasteiger partial charge in [0.05, 0.1) is 0 Å². The molecule has 4 heteroatoms. The van der Waals surface area contributed by atoms with Crippen molar-refractivity contribution < 1.29 is 4.39 Å². The Morgan fingerprint density at radius 3 is 2.48 bits per heavy atom. The number of hydrogen-bond acceptors (Lipinski definition) is 3. The van der Waals surface area contributed by atoms with Crippen molar-refractivity contribution in [2.45, 2.75) is 19.0 Å². The van der Waals surface area contributed by atoms with Crippen molar-refractivity contribution in [3.05, 3.63) is 80.4 Å². The van der Waals surface area contributed by atoms with Crippen molar-refractivity contribution in [1.29, 1.82) is 0 Å². The molecule has 3 rings (SSSR count). The third-order valence-corrected chi connectivity index (χ3v) is 5.25. The van der Waals surface area contributed by atoms with Crippen molar-refractivity contribution in [1.82, 2.24) is 5.32 Å². The summed E-state index contributed by atoms with van der Waals surface area (Å²) < 4.78 is 13.7. The summed E-state index contributed by atoms with van der Waals surface area (Å²) in [7, 11) is 0. The third-order valence-electron chi connectivity index (χ3n) is 3.37. The van der Waals surface area contributed by atoms with Gasteiger partial charge in [0.25, 0.3) is 0 Å². The van der Waals surface area contributed by atoms with Gasteiger partial charge in [0.1, 0.15) is 5.82 Å². The van der Waals surface area contributed by atoms with Gasteiger partial charge in [0, 0.05) is 34.3 Å². The molecule has 2 aromatic heterocycles. The fraction of sp³-hybridized carbons (Fsp3) is 0.176. The van der Waals surface area contributed by atoms with E-state index < -0.39 is 0 Å². The van der Waals surface area contributed by atoms with Gasteiger partial charge in [0.15, 0.2) is 0 Å². The lowest BCUT2D eigenvalue weighted by Crippen LogP contribution is -2.22. The van der Waals surface area contributed by atoms with E-state index in [1.807, 2.05) is 12.1 Å². The topological polar surface area (TPSA) is 12.0 Å². The zero-order valence-corrected chi connectivity index (χ0v) is 13.1. The van der Waals surface area contributed by atoms with Crippen molar-refractivity contribution in [2.24, 2.45) is 0 Å². The molecule has 21 heavy (non-hydrogen) atoms. The highest BCUT2D eigenvalue weighted by molar-refractivity contribution is 7.10. The molecule has 1 atom stereocenters. The summed E-state index contributed by atoms with van der Waals surface area (Å²) >= 11 is 3.50. The van der Waals surface area contributed by atoms with Crippen LogP contribution in [0.1, 0.15) is 21.4 Å². The Balaban J connectivity index is 1.72. The van der Waals surface area contributed by atoms with Crippen LogP contribution in [0.3, 0.4) is 0 Å². The van der Waals surface area contributed by atoms with E-state index in [9.17, 15) is 4.39 Å². The Bertz CT molecular complexity index is 662. The number of benzene rings is 1. The molecule has 0 aliphatic heterocycles. The van der Waals surface area contributed by atoms with Gasteiger partial charge in [-0.05, 0) is 29.0 Å². The van der Waals surface area contributed by atoms with E-state index in [0.29, 0.717) is 12.1 Å². The van der Waals surface area contributed by atoms with E-state index in [1.54, 1.807) is 28.7 Å². The molecule has 108 valence electrons. The maximum Gasteiger partial charge on any atom is 0.127 e. The first-order valence-electron chi connectivity index (χ1n) is 6.85. The summed E-state index contributed by atoms with van der Waals surface area (Å²) in [6.07, 6.45) is 0.937. The maximum absolute atomic E-state index is 13.7. The fourth-order valence-electron chi connectivity index (χ4n) is 2.27. The lowest BCUT2D eigenvalue weighted by atomic mass is 10.1. The predicted molar refractivity (Wildman–Crippen MR) is 88.3 cm³/mol. The Morgan fingerprint density at radius 1 is 0.952 bits per heavy atom. The van der Waals surface area contributed by atoms with E-state index in [0.717, 1.165) is 6.42 Å². The molecule has 1 aromatic carbocycles. The van der Waals surface area contributed by atoms with Crippen LogP contribution in [-0.4, -0.2) is 0 Å². The molecule has 1 unspecified atom stereocenters. The first kappa shape index (κ1) is 14.4. The van der Waals surface area contributed by atoms with Gasteiger partial charge in [0.2, 0.25) is 0 Å². The average molecular weight is 317 g/mol. The van der Waals surface area contributed by atoms with Crippen LogP contribution in [0.25, 0.3) is 0 Å². The van der Waals surface area contributed by atoms with Gasteiger partial charge in [-0.1, -0.05) is 30.3 Å². The summed E-state index contributed by atoms with van der Waals surface area (Å²) in [5.41, 5.74) is 0.713. The summed E-state index contributed by atoms with van der Waals surface area (Å²) in [6.45, 7) is 0.542. The molecule has 0 amide bonds. The van der Waals surface area contributed by atoms with Gasteiger partial charge in [-0.2, -0.15) is 0 Å². The fourth-order valence-corrected chi connectivity index (χ4v) is 3.82. The average Bonchev–Trinajstić information content (AvgIpc) is 3.18. The first-order chi connectivity index (χ1) is 10.3.